The Hall–Kier alpha value is 0.180. The van der Waals surface area contributed by atoms with E-state index in [1.54, 1.807) is 0 Å². The summed E-state index contributed by atoms with van der Waals surface area (Å²) < 4.78 is 1.11. The Morgan fingerprint density at radius 2 is 0.957 bits per heavy atom. The minimum Gasteiger partial charge on any atom is -1.00 e. The van der Waals surface area contributed by atoms with Crippen LogP contribution in [0.5, 0.6) is 0 Å². The lowest BCUT2D eigenvalue weighted by molar-refractivity contribution is -0.870. The van der Waals surface area contributed by atoms with Gasteiger partial charge in [0.2, 0.25) is 0 Å². The van der Waals surface area contributed by atoms with E-state index in [0.29, 0.717) is 0 Å². The largest absolute Gasteiger partial charge is 1.00 e. The number of nitrogens with zero attached hydrogens (tertiary/aromatic N) is 1. The molecular weight excluding hydrogens is 346 g/mol. The van der Waals surface area contributed by atoms with Crippen LogP contribution in [0.1, 0.15) is 96.8 Å². The van der Waals surface area contributed by atoms with Crippen LogP contribution in [0.25, 0.3) is 0 Å². The van der Waals surface area contributed by atoms with Gasteiger partial charge in [-0.3, -0.25) is 0 Å². The van der Waals surface area contributed by atoms with Crippen LogP contribution in [-0.4, -0.2) is 32.2 Å². The third-order valence-electron chi connectivity index (χ3n) is 4.34. The van der Waals surface area contributed by atoms with Gasteiger partial charge < -0.3 is 21.5 Å². The van der Waals surface area contributed by atoms with Crippen molar-refractivity contribution in [1.29, 1.82) is 0 Å². The maximum atomic E-state index is 2.42. The predicted molar refractivity (Wildman–Crippen MR) is 102 cm³/mol. The van der Waals surface area contributed by atoms with E-state index in [2.05, 4.69) is 40.2 Å². The SMILES string of the molecule is CCCCCCCC/C=C\CCCCCCCC[N+](C)(C)C.[Br-]. The summed E-state index contributed by atoms with van der Waals surface area (Å²) in [6.07, 6.45) is 24.4. The molecule has 0 rings (SSSR count). The molecular formula is C21H44BrN. The molecule has 0 atom stereocenters. The molecule has 0 spiro atoms. The van der Waals surface area contributed by atoms with Crippen molar-refractivity contribution in [2.24, 2.45) is 0 Å². The zero-order chi connectivity index (χ0) is 16.5. The molecule has 0 aliphatic heterocycles. The van der Waals surface area contributed by atoms with Crippen LogP contribution >= 0.6 is 0 Å². The smallest absolute Gasteiger partial charge is 0.0780 e. The van der Waals surface area contributed by atoms with E-state index in [0.717, 1.165) is 4.48 Å². The van der Waals surface area contributed by atoms with Crippen LogP contribution in [0.15, 0.2) is 12.2 Å². The molecule has 0 aliphatic rings. The van der Waals surface area contributed by atoms with E-state index < -0.39 is 0 Å². The minimum atomic E-state index is 0. The van der Waals surface area contributed by atoms with Gasteiger partial charge in [0.15, 0.2) is 0 Å². The van der Waals surface area contributed by atoms with Gasteiger partial charge in [-0.2, -0.15) is 0 Å². The second-order valence-electron chi connectivity index (χ2n) is 7.95. The summed E-state index contributed by atoms with van der Waals surface area (Å²) in [5, 5.41) is 0. The molecule has 0 N–H and O–H groups in total. The molecule has 23 heavy (non-hydrogen) atoms. The lowest BCUT2D eigenvalue weighted by atomic mass is 10.1. The van der Waals surface area contributed by atoms with E-state index in [9.17, 15) is 0 Å². The Labute approximate surface area is 158 Å². The molecule has 2 heteroatoms. The van der Waals surface area contributed by atoms with Crippen molar-refractivity contribution in [1.82, 2.24) is 0 Å². The van der Waals surface area contributed by atoms with Gasteiger partial charge in [0.1, 0.15) is 0 Å². The van der Waals surface area contributed by atoms with Gasteiger partial charge in [0, 0.05) is 0 Å². The molecule has 0 aromatic heterocycles. The normalized spacial score (nSPS) is 11.8. The van der Waals surface area contributed by atoms with Crippen LogP contribution in [0.2, 0.25) is 0 Å². The summed E-state index contributed by atoms with van der Waals surface area (Å²) in [6, 6.07) is 0. The van der Waals surface area contributed by atoms with E-state index in [1.165, 1.54) is 96.4 Å². The standard InChI is InChI=1S/C21H44N.BrH/c1-5-6-7-8-9-10-11-12-13-14-15-16-17-18-19-20-21-22(2,3)4;/h12-13H,5-11,14-21H2,1-4H3;1H/q+1;/p-1/b13-12-;. The Bertz CT molecular complexity index is 243. The first-order chi connectivity index (χ1) is 10.6. The quantitative estimate of drug-likeness (QED) is 0.214. The first kappa shape index (κ1) is 25.4. The summed E-state index contributed by atoms with van der Waals surface area (Å²) in [5.41, 5.74) is 0. The number of allylic oxidation sites excluding steroid dienone is 2. The van der Waals surface area contributed by atoms with Gasteiger partial charge in [-0.25, -0.2) is 0 Å². The third-order valence-corrected chi connectivity index (χ3v) is 4.34. The number of quaternary nitrogens is 1. The highest BCUT2D eigenvalue weighted by Gasteiger charge is 2.04. The molecule has 0 heterocycles. The summed E-state index contributed by atoms with van der Waals surface area (Å²) in [7, 11) is 6.87. The van der Waals surface area contributed by atoms with E-state index in [4.69, 9.17) is 0 Å². The maximum Gasteiger partial charge on any atom is 0.0780 e. The van der Waals surface area contributed by atoms with Gasteiger partial charge in [-0.15, -0.1) is 0 Å². The molecule has 0 bridgehead atoms. The Morgan fingerprint density at radius 1 is 0.565 bits per heavy atom. The number of unbranched alkanes of at least 4 members (excludes halogenated alkanes) is 12. The fraction of sp³-hybridized carbons (Fsp3) is 0.905. The van der Waals surface area contributed by atoms with Crippen molar-refractivity contribution >= 4 is 0 Å². The third kappa shape index (κ3) is 24.6. The fourth-order valence-corrected chi connectivity index (χ4v) is 2.83. The van der Waals surface area contributed by atoms with E-state index in [-0.39, 0.29) is 17.0 Å². The highest BCUT2D eigenvalue weighted by atomic mass is 79.9. The second kappa shape index (κ2) is 18.5. The van der Waals surface area contributed by atoms with Crippen molar-refractivity contribution in [3.8, 4) is 0 Å². The Morgan fingerprint density at radius 3 is 1.39 bits per heavy atom. The molecule has 0 radical (unpaired) electrons. The van der Waals surface area contributed by atoms with Gasteiger partial charge in [0.05, 0.1) is 27.7 Å². The van der Waals surface area contributed by atoms with E-state index in [1.807, 2.05) is 0 Å². The fourth-order valence-electron chi connectivity index (χ4n) is 2.83. The van der Waals surface area contributed by atoms with Crippen LogP contribution in [0.3, 0.4) is 0 Å². The first-order valence-electron chi connectivity index (χ1n) is 10.0. The van der Waals surface area contributed by atoms with Gasteiger partial charge in [-0.1, -0.05) is 70.4 Å². The monoisotopic (exact) mass is 389 g/mol. The molecule has 0 saturated heterocycles. The lowest BCUT2D eigenvalue weighted by Gasteiger charge is -2.23. The van der Waals surface area contributed by atoms with Crippen molar-refractivity contribution in [3.05, 3.63) is 12.2 Å². The zero-order valence-electron chi connectivity index (χ0n) is 16.6. The number of hydrogen-bond donors (Lipinski definition) is 0. The number of rotatable bonds is 16. The van der Waals surface area contributed by atoms with Crippen molar-refractivity contribution in [2.75, 3.05) is 27.7 Å². The van der Waals surface area contributed by atoms with Crippen LogP contribution in [-0.2, 0) is 0 Å². The molecule has 0 aromatic rings. The molecule has 0 fully saturated rings. The average molecular weight is 390 g/mol. The molecule has 0 aliphatic carbocycles. The summed E-state index contributed by atoms with van der Waals surface area (Å²) in [6.45, 7) is 3.61. The van der Waals surface area contributed by atoms with Crippen LogP contribution in [0.4, 0.5) is 0 Å². The highest BCUT2D eigenvalue weighted by Crippen LogP contribution is 2.10. The molecule has 0 saturated carbocycles. The van der Waals surface area contributed by atoms with Crippen molar-refractivity contribution in [2.45, 2.75) is 96.8 Å². The molecule has 0 aromatic carbocycles. The first-order valence-corrected chi connectivity index (χ1v) is 10.0. The van der Waals surface area contributed by atoms with Crippen LogP contribution < -0.4 is 17.0 Å². The lowest BCUT2D eigenvalue weighted by Crippen LogP contribution is -3.00. The molecule has 0 unspecified atom stereocenters. The summed E-state index contributed by atoms with van der Waals surface area (Å²) >= 11 is 0. The summed E-state index contributed by atoms with van der Waals surface area (Å²) in [5.74, 6) is 0. The topological polar surface area (TPSA) is 0 Å². The van der Waals surface area contributed by atoms with Gasteiger partial charge >= 0.3 is 0 Å². The molecule has 0 amide bonds. The maximum absolute atomic E-state index is 2.42. The van der Waals surface area contributed by atoms with Gasteiger partial charge in [0.25, 0.3) is 0 Å². The Balaban J connectivity index is 0. The second-order valence-corrected chi connectivity index (χ2v) is 7.95. The highest BCUT2D eigenvalue weighted by molar-refractivity contribution is 4.81. The van der Waals surface area contributed by atoms with Crippen molar-refractivity contribution in [3.63, 3.8) is 0 Å². The zero-order valence-corrected chi connectivity index (χ0v) is 18.2. The number of hydrogen-bond acceptors (Lipinski definition) is 0. The number of halogens is 1. The molecule has 140 valence electrons. The Kier molecular flexibility index (Phi) is 20.5. The molecule has 1 nitrogen and oxygen atoms in total. The average Bonchev–Trinajstić information content (AvgIpc) is 2.45. The van der Waals surface area contributed by atoms with Gasteiger partial charge in [-0.05, 0) is 38.5 Å². The predicted octanol–water partition coefficient (Wildman–Crippen LogP) is 3.73. The van der Waals surface area contributed by atoms with E-state index >= 15 is 0 Å². The van der Waals surface area contributed by atoms with Crippen molar-refractivity contribution < 1.29 is 21.5 Å². The van der Waals surface area contributed by atoms with Crippen LogP contribution in [0, 0.1) is 0 Å². The minimum absolute atomic E-state index is 0. The summed E-state index contributed by atoms with van der Waals surface area (Å²) in [4.78, 5) is 0.